The van der Waals surface area contributed by atoms with E-state index in [0.717, 1.165) is 16.2 Å². The van der Waals surface area contributed by atoms with Gasteiger partial charge in [-0.25, -0.2) is 9.88 Å². The minimum Gasteiger partial charge on any atom is -0.481 e. The number of nitrogens with zero attached hydrogens (tertiary/aromatic N) is 2. The number of amides is 3. The van der Waals surface area contributed by atoms with Crippen LogP contribution in [0.1, 0.15) is 19.0 Å². The number of aromatic nitrogens is 1. The minimum atomic E-state index is -1.03. The summed E-state index contributed by atoms with van der Waals surface area (Å²) in [4.78, 5) is 51.7. The molecular weight excluding hydrogens is 372 g/mol. The highest BCUT2D eigenvalue weighted by Gasteiger charge is 2.41. The average molecular weight is 388 g/mol. The monoisotopic (exact) mass is 388 g/mol. The molecule has 1 aromatic heterocycles. The van der Waals surface area contributed by atoms with Gasteiger partial charge in [-0.05, 0) is 24.3 Å². The number of rotatable bonds is 6. The zero-order chi connectivity index (χ0) is 19.6. The summed E-state index contributed by atoms with van der Waals surface area (Å²) in [7, 11) is 0. The predicted octanol–water partition coefficient (Wildman–Crippen LogP) is 1.47. The van der Waals surface area contributed by atoms with Crippen LogP contribution in [0.25, 0.3) is 0 Å². The molecule has 27 heavy (non-hydrogen) atoms. The fourth-order valence-corrected chi connectivity index (χ4v) is 3.48. The van der Waals surface area contributed by atoms with Crippen molar-refractivity contribution in [1.29, 1.82) is 0 Å². The van der Waals surface area contributed by atoms with E-state index < -0.39 is 23.8 Å². The Hall–Kier alpha value is -3.27. The van der Waals surface area contributed by atoms with Crippen molar-refractivity contribution >= 4 is 51.5 Å². The molecule has 3 N–H and O–H groups in total. The molecule has 9 nitrogen and oxygen atoms in total. The first-order chi connectivity index (χ1) is 12.8. The van der Waals surface area contributed by atoms with E-state index >= 15 is 0 Å². The summed E-state index contributed by atoms with van der Waals surface area (Å²) >= 11 is 1.05. The van der Waals surface area contributed by atoms with E-state index in [-0.39, 0.29) is 23.9 Å². The minimum absolute atomic E-state index is 0.0277. The number of benzene rings is 1. The zero-order valence-corrected chi connectivity index (χ0v) is 15.1. The van der Waals surface area contributed by atoms with Gasteiger partial charge in [0, 0.05) is 23.7 Å². The maximum atomic E-state index is 12.6. The van der Waals surface area contributed by atoms with Gasteiger partial charge in [0.05, 0.1) is 18.5 Å². The van der Waals surface area contributed by atoms with E-state index in [1.165, 1.54) is 12.3 Å². The molecule has 0 spiro atoms. The first-order valence-corrected chi connectivity index (χ1v) is 8.88. The first kappa shape index (κ1) is 18.5. The Labute approximate surface area is 158 Å². The molecule has 2 heterocycles. The van der Waals surface area contributed by atoms with Crippen LogP contribution in [0.3, 0.4) is 0 Å². The third-order valence-corrected chi connectivity index (χ3v) is 4.63. The summed E-state index contributed by atoms with van der Waals surface area (Å²) in [6, 6.07) is 6.01. The lowest BCUT2D eigenvalue weighted by atomic mass is 10.2. The molecule has 2 aromatic rings. The van der Waals surface area contributed by atoms with Gasteiger partial charge in [0.1, 0.15) is 6.04 Å². The molecule has 1 atom stereocenters. The largest absolute Gasteiger partial charge is 0.481 e. The van der Waals surface area contributed by atoms with E-state index in [1.807, 2.05) is 0 Å². The normalized spacial score (nSPS) is 16.5. The number of carbonyl (C=O) groups is 4. The van der Waals surface area contributed by atoms with Crippen LogP contribution < -0.4 is 15.5 Å². The summed E-state index contributed by atoms with van der Waals surface area (Å²) in [5.74, 6) is -2.06. The van der Waals surface area contributed by atoms with Crippen LogP contribution in [-0.2, 0) is 25.6 Å². The molecule has 0 bridgehead atoms. The topological polar surface area (TPSA) is 129 Å². The molecule has 1 aliphatic rings. The van der Waals surface area contributed by atoms with Gasteiger partial charge in [-0.3, -0.25) is 19.2 Å². The molecule has 10 heteroatoms. The van der Waals surface area contributed by atoms with Crippen molar-refractivity contribution in [1.82, 2.24) is 4.98 Å². The van der Waals surface area contributed by atoms with Crippen molar-refractivity contribution in [2.75, 3.05) is 15.5 Å². The second-order valence-electron chi connectivity index (χ2n) is 5.92. The summed E-state index contributed by atoms with van der Waals surface area (Å²) in [5.41, 5.74) is 1.55. The Balaban J connectivity index is 1.69. The number of thiazole rings is 1. The van der Waals surface area contributed by atoms with Crippen molar-refractivity contribution in [3.05, 3.63) is 35.3 Å². The fourth-order valence-electron chi connectivity index (χ4n) is 2.64. The van der Waals surface area contributed by atoms with E-state index in [9.17, 15) is 19.2 Å². The number of carbonyl (C=O) groups excluding carboxylic acids is 3. The van der Waals surface area contributed by atoms with E-state index in [1.54, 1.807) is 24.3 Å². The molecule has 0 saturated carbocycles. The quantitative estimate of drug-likeness (QED) is 0.639. The van der Waals surface area contributed by atoms with E-state index in [4.69, 9.17) is 5.11 Å². The van der Waals surface area contributed by atoms with Crippen molar-refractivity contribution in [3.63, 3.8) is 0 Å². The maximum absolute atomic E-state index is 12.6. The van der Waals surface area contributed by atoms with Crippen LogP contribution in [0, 0.1) is 0 Å². The number of hydrogen-bond donors (Lipinski definition) is 3. The lowest BCUT2D eigenvalue weighted by molar-refractivity contribution is -0.136. The number of nitrogens with one attached hydrogen (secondary N) is 2. The van der Waals surface area contributed by atoms with Crippen LogP contribution in [0.15, 0.2) is 29.6 Å². The number of imide groups is 1. The molecule has 140 valence electrons. The molecule has 1 saturated heterocycles. The Morgan fingerprint density at radius 1 is 1.26 bits per heavy atom. The number of carboxylic acid groups (broad SMARTS) is 1. The summed E-state index contributed by atoms with van der Waals surface area (Å²) in [6.45, 7) is 1.41. The highest BCUT2D eigenvalue weighted by Crippen LogP contribution is 2.28. The first-order valence-electron chi connectivity index (χ1n) is 8.00. The fraction of sp³-hybridized carbons (Fsp3) is 0.235. The van der Waals surface area contributed by atoms with Gasteiger partial charge in [-0.1, -0.05) is 0 Å². The Morgan fingerprint density at radius 2 is 1.93 bits per heavy atom. The third-order valence-electron chi connectivity index (χ3n) is 3.76. The molecular formula is C17H16N4O5S. The second-order valence-corrected chi connectivity index (χ2v) is 6.76. The Bertz CT molecular complexity index is 908. The van der Waals surface area contributed by atoms with Crippen LogP contribution in [0.2, 0.25) is 0 Å². The molecule has 3 rings (SSSR count). The van der Waals surface area contributed by atoms with Crippen molar-refractivity contribution in [2.24, 2.45) is 0 Å². The van der Waals surface area contributed by atoms with Gasteiger partial charge >= 0.3 is 5.97 Å². The summed E-state index contributed by atoms with van der Waals surface area (Å²) < 4.78 is 0. The van der Waals surface area contributed by atoms with Gasteiger partial charge in [-0.15, -0.1) is 11.3 Å². The summed E-state index contributed by atoms with van der Waals surface area (Å²) in [6.07, 6.45) is -0.296. The van der Waals surface area contributed by atoms with Gasteiger partial charge in [0.2, 0.25) is 11.8 Å². The zero-order valence-electron chi connectivity index (χ0n) is 14.3. The van der Waals surface area contributed by atoms with Gasteiger partial charge in [0.25, 0.3) is 5.91 Å². The Kier molecular flexibility index (Phi) is 5.17. The van der Waals surface area contributed by atoms with Crippen LogP contribution in [0.5, 0.6) is 0 Å². The average Bonchev–Trinajstić information content (AvgIpc) is 3.13. The lowest BCUT2D eigenvalue weighted by Crippen LogP contribution is -2.34. The standard InChI is InChI=1S/C17H16N4O5S/c1-9(22)18-10-2-4-11(5-3-10)19-13-7-14(23)21(16(13)26)17-20-12(8-27-17)6-15(24)25/h2-5,8,13,19H,6-7H2,1H3,(H,18,22)(H,24,25). The molecule has 1 fully saturated rings. The number of carboxylic acids is 1. The predicted molar refractivity (Wildman–Crippen MR) is 98.7 cm³/mol. The van der Waals surface area contributed by atoms with Gasteiger partial charge < -0.3 is 15.7 Å². The van der Waals surface area contributed by atoms with Crippen molar-refractivity contribution in [3.8, 4) is 0 Å². The highest BCUT2D eigenvalue weighted by molar-refractivity contribution is 7.14. The number of hydrogen-bond acceptors (Lipinski definition) is 7. The van der Waals surface area contributed by atoms with Crippen molar-refractivity contribution in [2.45, 2.75) is 25.8 Å². The van der Waals surface area contributed by atoms with Crippen LogP contribution in [-0.4, -0.2) is 39.8 Å². The van der Waals surface area contributed by atoms with E-state index in [2.05, 4.69) is 15.6 Å². The van der Waals surface area contributed by atoms with Gasteiger partial charge in [0.15, 0.2) is 5.13 Å². The number of anilines is 3. The van der Waals surface area contributed by atoms with Crippen LogP contribution in [0.4, 0.5) is 16.5 Å². The Morgan fingerprint density at radius 3 is 2.56 bits per heavy atom. The molecule has 1 unspecified atom stereocenters. The highest BCUT2D eigenvalue weighted by atomic mass is 32.1. The van der Waals surface area contributed by atoms with Crippen molar-refractivity contribution < 1.29 is 24.3 Å². The lowest BCUT2D eigenvalue weighted by Gasteiger charge is -2.14. The molecule has 0 radical (unpaired) electrons. The molecule has 3 amide bonds. The SMILES string of the molecule is CC(=O)Nc1ccc(NC2CC(=O)N(c3nc(CC(=O)O)cs3)C2=O)cc1. The van der Waals surface area contributed by atoms with Crippen LogP contribution >= 0.6 is 11.3 Å². The molecule has 0 aliphatic carbocycles. The maximum Gasteiger partial charge on any atom is 0.309 e. The van der Waals surface area contributed by atoms with Gasteiger partial charge in [-0.2, -0.15) is 0 Å². The number of aliphatic carboxylic acids is 1. The third kappa shape index (κ3) is 4.29. The smallest absolute Gasteiger partial charge is 0.309 e. The summed E-state index contributed by atoms with van der Waals surface area (Å²) in [5, 5.41) is 16.1. The molecule has 1 aliphatic heterocycles. The second kappa shape index (κ2) is 7.54. The van der Waals surface area contributed by atoms with E-state index in [0.29, 0.717) is 17.1 Å². The molecule has 1 aromatic carbocycles.